The molecule has 1 saturated heterocycles. The second-order valence-electron chi connectivity index (χ2n) is 5.19. The average molecular weight is 242 g/mol. The number of hydrogen-bond donors (Lipinski definition) is 1. The van der Waals surface area contributed by atoms with E-state index in [9.17, 15) is 4.79 Å². The maximum atomic E-state index is 10.7. The molecular formula is C13H26N2O2. The Bertz CT molecular complexity index is 246. The van der Waals surface area contributed by atoms with Gasteiger partial charge in [-0.15, -0.1) is 0 Å². The molecule has 0 aliphatic carbocycles. The van der Waals surface area contributed by atoms with Crippen molar-refractivity contribution in [3.8, 4) is 0 Å². The van der Waals surface area contributed by atoms with Crippen LogP contribution >= 0.6 is 0 Å². The minimum atomic E-state index is -0.714. The largest absolute Gasteiger partial charge is 0.480 e. The van der Waals surface area contributed by atoms with Gasteiger partial charge in [-0.05, 0) is 25.8 Å². The Labute approximate surface area is 105 Å². The first-order valence-electron chi connectivity index (χ1n) is 6.72. The number of nitrogens with zero attached hydrogens (tertiary/aromatic N) is 2. The maximum absolute atomic E-state index is 10.7. The fourth-order valence-corrected chi connectivity index (χ4v) is 2.45. The van der Waals surface area contributed by atoms with Crippen LogP contribution in [0.4, 0.5) is 0 Å². The highest BCUT2D eigenvalue weighted by atomic mass is 16.4. The topological polar surface area (TPSA) is 43.8 Å². The predicted molar refractivity (Wildman–Crippen MR) is 69.2 cm³/mol. The van der Waals surface area contributed by atoms with Gasteiger partial charge in [0.1, 0.15) is 0 Å². The zero-order valence-corrected chi connectivity index (χ0v) is 11.4. The van der Waals surface area contributed by atoms with E-state index in [1.165, 1.54) is 6.42 Å². The number of rotatable bonds is 5. The SMILES string of the molecule is CCC(C)C(C)N1CCCN(CC(=O)O)CC1. The van der Waals surface area contributed by atoms with Crippen molar-refractivity contribution in [2.75, 3.05) is 32.7 Å². The summed E-state index contributed by atoms with van der Waals surface area (Å²) < 4.78 is 0. The van der Waals surface area contributed by atoms with Crippen molar-refractivity contribution in [3.05, 3.63) is 0 Å². The zero-order valence-electron chi connectivity index (χ0n) is 11.4. The summed E-state index contributed by atoms with van der Waals surface area (Å²) in [5.74, 6) is -0.00514. The van der Waals surface area contributed by atoms with Gasteiger partial charge in [0, 0.05) is 25.7 Å². The Morgan fingerprint density at radius 1 is 1.24 bits per heavy atom. The maximum Gasteiger partial charge on any atom is 0.317 e. The molecule has 1 aliphatic heterocycles. The van der Waals surface area contributed by atoms with E-state index in [1.807, 2.05) is 4.90 Å². The molecule has 1 aliphatic rings. The molecule has 4 heteroatoms. The van der Waals surface area contributed by atoms with Crippen LogP contribution in [-0.2, 0) is 4.79 Å². The van der Waals surface area contributed by atoms with Gasteiger partial charge < -0.3 is 5.11 Å². The Hall–Kier alpha value is -0.610. The summed E-state index contributed by atoms with van der Waals surface area (Å²) in [5, 5.41) is 8.80. The number of aliphatic carboxylic acids is 1. The third-order valence-electron chi connectivity index (χ3n) is 4.03. The molecule has 1 fully saturated rings. The van der Waals surface area contributed by atoms with Gasteiger partial charge in [0.2, 0.25) is 0 Å². The quantitative estimate of drug-likeness (QED) is 0.794. The molecule has 1 N–H and O–H groups in total. The molecule has 17 heavy (non-hydrogen) atoms. The monoisotopic (exact) mass is 242 g/mol. The van der Waals surface area contributed by atoms with Crippen LogP contribution in [0.15, 0.2) is 0 Å². The smallest absolute Gasteiger partial charge is 0.317 e. The molecule has 0 saturated carbocycles. The van der Waals surface area contributed by atoms with Crippen LogP contribution in [0.1, 0.15) is 33.6 Å². The first-order valence-corrected chi connectivity index (χ1v) is 6.72. The standard InChI is InChI=1S/C13H26N2O2/c1-4-11(2)12(3)15-7-5-6-14(8-9-15)10-13(16)17/h11-12H,4-10H2,1-3H3,(H,16,17). The second kappa shape index (κ2) is 6.97. The molecule has 1 rings (SSSR count). The van der Waals surface area contributed by atoms with Gasteiger partial charge in [-0.2, -0.15) is 0 Å². The first-order chi connectivity index (χ1) is 8.04. The van der Waals surface area contributed by atoms with Crippen LogP contribution in [0.3, 0.4) is 0 Å². The van der Waals surface area contributed by atoms with Gasteiger partial charge in [-0.1, -0.05) is 20.3 Å². The molecule has 100 valence electrons. The highest BCUT2D eigenvalue weighted by Gasteiger charge is 2.22. The lowest BCUT2D eigenvalue weighted by molar-refractivity contribution is -0.138. The van der Waals surface area contributed by atoms with Gasteiger partial charge >= 0.3 is 5.97 Å². The fraction of sp³-hybridized carbons (Fsp3) is 0.923. The number of carboxylic acids is 1. The van der Waals surface area contributed by atoms with Gasteiger partial charge in [0.25, 0.3) is 0 Å². The molecule has 4 nitrogen and oxygen atoms in total. The number of hydrogen-bond acceptors (Lipinski definition) is 3. The molecule has 2 unspecified atom stereocenters. The van der Waals surface area contributed by atoms with Crippen LogP contribution in [0, 0.1) is 5.92 Å². The van der Waals surface area contributed by atoms with E-state index in [0.717, 1.165) is 32.6 Å². The summed E-state index contributed by atoms with van der Waals surface area (Å²) in [6.45, 7) is 10.9. The first kappa shape index (κ1) is 14.5. The molecular weight excluding hydrogens is 216 g/mol. The van der Waals surface area contributed by atoms with Crippen LogP contribution in [0.5, 0.6) is 0 Å². The van der Waals surface area contributed by atoms with Crippen LogP contribution in [-0.4, -0.2) is 59.6 Å². The molecule has 2 atom stereocenters. The van der Waals surface area contributed by atoms with Crippen LogP contribution < -0.4 is 0 Å². The van der Waals surface area contributed by atoms with Crippen molar-refractivity contribution in [2.24, 2.45) is 5.92 Å². The highest BCUT2D eigenvalue weighted by molar-refractivity contribution is 5.69. The molecule has 0 aromatic rings. The van der Waals surface area contributed by atoms with Gasteiger partial charge in [-0.25, -0.2) is 0 Å². The van der Waals surface area contributed by atoms with Gasteiger partial charge in [0.05, 0.1) is 6.54 Å². The zero-order chi connectivity index (χ0) is 12.8. The third-order valence-corrected chi connectivity index (χ3v) is 4.03. The summed E-state index contributed by atoms with van der Waals surface area (Å²) in [5.41, 5.74) is 0. The summed E-state index contributed by atoms with van der Waals surface area (Å²) in [6, 6.07) is 0.602. The predicted octanol–water partition coefficient (Wildman–Crippen LogP) is 1.51. The van der Waals surface area contributed by atoms with E-state index in [-0.39, 0.29) is 6.54 Å². The van der Waals surface area contributed by atoms with E-state index < -0.39 is 5.97 Å². The fourth-order valence-electron chi connectivity index (χ4n) is 2.45. The Morgan fingerprint density at radius 3 is 2.53 bits per heavy atom. The van der Waals surface area contributed by atoms with Crippen molar-refractivity contribution < 1.29 is 9.90 Å². The van der Waals surface area contributed by atoms with Crippen molar-refractivity contribution >= 4 is 5.97 Å². The Kier molecular flexibility index (Phi) is 5.92. The average Bonchev–Trinajstić information content (AvgIpc) is 2.52. The van der Waals surface area contributed by atoms with Gasteiger partial charge in [0.15, 0.2) is 0 Å². The van der Waals surface area contributed by atoms with Crippen molar-refractivity contribution in [1.29, 1.82) is 0 Å². The lowest BCUT2D eigenvalue weighted by Gasteiger charge is -2.31. The highest BCUT2D eigenvalue weighted by Crippen LogP contribution is 2.16. The molecule has 0 aromatic carbocycles. The number of carbonyl (C=O) groups is 1. The van der Waals surface area contributed by atoms with Crippen molar-refractivity contribution in [3.63, 3.8) is 0 Å². The second-order valence-corrected chi connectivity index (χ2v) is 5.19. The molecule has 0 bridgehead atoms. The molecule has 0 aromatic heterocycles. The van der Waals surface area contributed by atoms with Crippen LogP contribution in [0.2, 0.25) is 0 Å². The lowest BCUT2D eigenvalue weighted by Crippen LogP contribution is -2.40. The van der Waals surface area contributed by atoms with E-state index in [0.29, 0.717) is 12.0 Å². The molecule has 0 radical (unpaired) electrons. The van der Waals surface area contributed by atoms with Gasteiger partial charge in [-0.3, -0.25) is 14.6 Å². The summed E-state index contributed by atoms with van der Waals surface area (Å²) >= 11 is 0. The van der Waals surface area contributed by atoms with Crippen molar-refractivity contribution in [2.45, 2.75) is 39.7 Å². The van der Waals surface area contributed by atoms with E-state index >= 15 is 0 Å². The normalized spacial score (nSPS) is 23.0. The molecule has 0 amide bonds. The number of carboxylic acid groups (broad SMARTS) is 1. The summed E-state index contributed by atoms with van der Waals surface area (Å²) in [4.78, 5) is 15.3. The third kappa shape index (κ3) is 4.64. The lowest BCUT2D eigenvalue weighted by atomic mass is 9.99. The van der Waals surface area contributed by atoms with E-state index in [4.69, 9.17) is 5.11 Å². The molecule has 1 heterocycles. The van der Waals surface area contributed by atoms with E-state index in [1.54, 1.807) is 0 Å². The van der Waals surface area contributed by atoms with E-state index in [2.05, 4.69) is 25.7 Å². The van der Waals surface area contributed by atoms with Crippen molar-refractivity contribution in [1.82, 2.24) is 9.80 Å². The minimum Gasteiger partial charge on any atom is -0.480 e. The Morgan fingerprint density at radius 2 is 1.94 bits per heavy atom. The summed E-state index contributed by atoms with van der Waals surface area (Å²) in [7, 11) is 0. The Balaban J connectivity index is 2.44. The van der Waals surface area contributed by atoms with Crippen LogP contribution in [0.25, 0.3) is 0 Å². The minimum absolute atomic E-state index is 0.186. The molecule has 0 spiro atoms. The summed E-state index contributed by atoms with van der Waals surface area (Å²) in [6.07, 6.45) is 2.28.